The fraction of sp³-hybridized carbons (Fsp3) is 0.357. The number of esters is 2. The Morgan fingerprint density at radius 2 is 1.42 bits per heavy atom. The molecule has 38 heavy (non-hydrogen) atoms. The van der Waals surface area contributed by atoms with Gasteiger partial charge in [0, 0.05) is 53.7 Å². The summed E-state index contributed by atoms with van der Waals surface area (Å²) in [5.41, 5.74) is 4.09. The van der Waals surface area contributed by atoms with Gasteiger partial charge in [0.2, 0.25) is 0 Å². The van der Waals surface area contributed by atoms with E-state index in [2.05, 4.69) is 32.1 Å². The fourth-order valence-electron chi connectivity index (χ4n) is 4.22. The molecule has 8 nitrogen and oxygen atoms in total. The number of carbonyl (C=O) groups excluding carboxylic acids is 2. The number of hydrogen-bond donors (Lipinski definition) is 0. The molecule has 10 heteroatoms. The minimum atomic E-state index is -0.341. The summed E-state index contributed by atoms with van der Waals surface area (Å²) in [6.07, 6.45) is 7.72. The van der Waals surface area contributed by atoms with Gasteiger partial charge in [0.15, 0.2) is 0 Å². The van der Waals surface area contributed by atoms with E-state index in [-0.39, 0.29) is 11.9 Å². The smallest absolute Gasteiger partial charge is 0.330 e. The van der Waals surface area contributed by atoms with Crippen molar-refractivity contribution in [3.05, 3.63) is 64.4 Å². The molecule has 4 aromatic heterocycles. The van der Waals surface area contributed by atoms with Gasteiger partial charge in [-0.1, -0.05) is 23.2 Å². The molecule has 0 fully saturated rings. The summed E-state index contributed by atoms with van der Waals surface area (Å²) in [6.45, 7) is 10.1. The quantitative estimate of drug-likeness (QED) is 0.132. The highest BCUT2D eigenvalue weighted by molar-refractivity contribution is 6.30. The average Bonchev–Trinajstić information content (AvgIpc) is 3.43. The molecule has 4 heterocycles. The highest BCUT2D eigenvalue weighted by Crippen LogP contribution is 2.24. The van der Waals surface area contributed by atoms with Gasteiger partial charge >= 0.3 is 11.9 Å². The Balaban J connectivity index is 0.000000211. The van der Waals surface area contributed by atoms with E-state index in [0.717, 1.165) is 46.3 Å². The average molecular weight is 559 g/mol. The van der Waals surface area contributed by atoms with E-state index in [0.29, 0.717) is 36.4 Å². The largest absolute Gasteiger partial charge is 0.466 e. The third kappa shape index (κ3) is 7.36. The molecule has 0 aliphatic rings. The summed E-state index contributed by atoms with van der Waals surface area (Å²) < 4.78 is 14.0. The molecule has 0 N–H and O–H groups in total. The number of aryl methyl sites for hydroxylation is 3. The third-order valence-corrected chi connectivity index (χ3v) is 6.24. The lowest BCUT2D eigenvalue weighted by Gasteiger charge is -2.07. The first-order valence-electron chi connectivity index (χ1n) is 12.6. The van der Waals surface area contributed by atoms with Crippen molar-refractivity contribution in [1.29, 1.82) is 0 Å². The molecule has 202 valence electrons. The van der Waals surface area contributed by atoms with Crippen molar-refractivity contribution in [2.24, 2.45) is 0 Å². The van der Waals surface area contributed by atoms with Crippen molar-refractivity contribution in [2.45, 2.75) is 53.6 Å². The summed E-state index contributed by atoms with van der Waals surface area (Å²) in [7, 11) is 0. The number of rotatable bonds is 9. The molecule has 0 saturated heterocycles. The van der Waals surface area contributed by atoms with Gasteiger partial charge in [-0.2, -0.15) is 0 Å². The van der Waals surface area contributed by atoms with Crippen LogP contribution in [0.15, 0.2) is 42.7 Å². The fourth-order valence-corrected chi connectivity index (χ4v) is 4.52. The molecule has 0 bridgehead atoms. The van der Waals surface area contributed by atoms with Gasteiger partial charge in [-0.25, -0.2) is 14.8 Å². The molecule has 0 amide bonds. The van der Waals surface area contributed by atoms with Crippen molar-refractivity contribution >= 4 is 63.0 Å². The first-order valence-corrected chi connectivity index (χ1v) is 13.4. The number of nitrogens with zero attached hydrogens (tertiary/aromatic N) is 4. The number of hydrogen-bond acceptors (Lipinski definition) is 6. The van der Waals surface area contributed by atoms with Crippen LogP contribution in [0.5, 0.6) is 0 Å². The number of pyridine rings is 2. The van der Waals surface area contributed by atoms with Crippen LogP contribution in [0.3, 0.4) is 0 Å². The van der Waals surface area contributed by atoms with Crippen LogP contribution < -0.4 is 0 Å². The second kappa shape index (κ2) is 14.0. The summed E-state index contributed by atoms with van der Waals surface area (Å²) in [5, 5.41) is 2.98. The maximum atomic E-state index is 11.4. The molecule has 0 aromatic carbocycles. The molecular weight excluding hydrogens is 527 g/mol. The van der Waals surface area contributed by atoms with Gasteiger partial charge in [0.05, 0.1) is 30.7 Å². The lowest BCUT2D eigenvalue weighted by molar-refractivity contribution is -0.143. The highest BCUT2D eigenvalue weighted by atomic mass is 35.5. The molecule has 0 aliphatic heterocycles. The summed E-state index contributed by atoms with van der Waals surface area (Å²) in [6, 6.07) is 7.70. The zero-order chi connectivity index (χ0) is 27.7. The second-order valence-electron chi connectivity index (χ2n) is 8.22. The van der Waals surface area contributed by atoms with E-state index in [1.165, 1.54) is 6.08 Å². The Bertz CT molecular complexity index is 1440. The summed E-state index contributed by atoms with van der Waals surface area (Å²) in [5.74, 6) is -0.502. The van der Waals surface area contributed by atoms with Gasteiger partial charge < -0.3 is 18.6 Å². The molecule has 4 aromatic rings. The molecule has 0 atom stereocenters. The predicted molar refractivity (Wildman–Crippen MR) is 151 cm³/mol. The Morgan fingerprint density at radius 3 is 2.00 bits per heavy atom. The second-order valence-corrected chi connectivity index (χ2v) is 8.99. The van der Waals surface area contributed by atoms with Crippen molar-refractivity contribution in [2.75, 3.05) is 13.2 Å². The predicted octanol–water partition coefficient (Wildman–Crippen LogP) is 6.49. The van der Waals surface area contributed by atoms with Crippen LogP contribution in [0, 0.1) is 0 Å². The topological polar surface area (TPSA) is 88.2 Å². The Hall–Kier alpha value is -3.36. The van der Waals surface area contributed by atoms with E-state index in [1.54, 1.807) is 25.4 Å². The first kappa shape index (κ1) is 29.2. The standard InChI is InChI=1S/C14H17ClN2O2.C14H15ClN2O2/c2*1-3-17-11(5-6-14(18)19-4-2)7-10-9-16-13(15)8-12(10)17/h7-9H,3-6H2,1-2H3;5-9H,3-4H2,1-2H3/b;6-5+. The Morgan fingerprint density at radius 1 is 0.842 bits per heavy atom. The molecule has 0 saturated carbocycles. The molecule has 0 unspecified atom stereocenters. The molecule has 0 spiro atoms. The van der Waals surface area contributed by atoms with Crippen LogP contribution >= 0.6 is 23.2 Å². The van der Waals surface area contributed by atoms with Gasteiger partial charge in [-0.15, -0.1) is 0 Å². The van der Waals surface area contributed by atoms with Crippen molar-refractivity contribution < 1.29 is 19.1 Å². The van der Waals surface area contributed by atoms with E-state index in [9.17, 15) is 9.59 Å². The van der Waals surface area contributed by atoms with Crippen LogP contribution in [0.4, 0.5) is 0 Å². The molecular formula is C28H32Cl2N4O4. The van der Waals surface area contributed by atoms with Crippen LogP contribution in [-0.4, -0.2) is 44.3 Å². The van der Waals surface area contributed by atoms with E-state index in [4.69, 9.17) is 32.7 Å². The monoisotopic (exact) mass is 558 g/mol. The SMILES string of the molecule is CCOC(=O)/C=C/c1cc2cnc(Cl)cc2n1CC.CCOC(=O)CCc1cc2cnc(Cl)cc2n1CC. The van der Waals surface area contributed by atoms with Crippen LogP contribution in [0.2, 0.25) is 10.3 Å². The van der Waals surface area contributed by atoms with Crippen LogP contribution in [0.25, 0.3) is 27.9 Å². The lowest BCUT2D eigenvalue weighted by atomic mass is 10.2. The number of aromatic nitrogens is 4. The first-order chi connectivity index (χ1) is 18.3. The summed E-state index contributed by atoms with van der Waals surface area (Å²) in [4.78, 5) is 30.9. The van der Waals surface area contributed by atoms with Crippen molar-refractivity contribution in [1.82, 2.24) is 19.1 Å². The van der Waals surface area contributed by atoms with Crippen LogP contribution in [-0.2, 0) is 38.6 Å². The maximum Gasteiger partial charge on any atom is 0.330 e. The van der Waals surface area contributed by atoms with Gasteiger partial charge in [-0.05, 0) is 64.5 Å². The lowest BCUT2D eigenvalue weighted by Crippen LogP contribution is -2.08. The van der Waals surface area contributed by atoms with Crippen molar-refractivity contribution in [3.8, 4) is 0 Å². The van der Waals surface area contributed by atoms with Crippen molar-refractivity contribution in [3.63, 3.8) is 0 Å². The number of ether oxygens (including phenoxy) is 2. The van der Waals surface area contributed by atoms with Gasteiger partial charge in [-0.3, -0.25) is 4.79 Å². The highest BCUT2D eigenvalue weighted by Gasteiger charge is 2.11. The van der Waals surface area contributed by atoms with E-state index >= 15 is 0 Å². The van der Waals surface area contributed by atoms with Crippen LogP contribution in [0.1, 0.15) is 45.5 Å². The number of halogens is 2. The normalized spacial score (nSPS) is 11.1. The minimum absolute atomic E-state index is 0.161. The molecule has 4 rings (SSSR count). The van der Waals surface area contributed by atoms with Gasteiger partial charge in [0.25, 0.3) is 0 Å². The Labute approximate surface area is 232 Å². The number of fused-ring (bicyclic) bond motifs is 2. The summed E-state index contributed by atoms with van der Waals surface area (Å²) >= 11 is 11.8. The zero-order valence-electron chi connectivity index (χ0n) is 22.0. The van der Waals surface area contributed by atoms with E-state index < -0.39 is 0 Å². The minimum Gasteiger partial charge on any atom is -0.466 e. The molecule has 0 radical (unpaired) electrons. The maximum absolute atomic E-state index is 11.4. The molecule has 0 aliphatic carbocycles. The number of carbonyl (C=O) groups is 2. The zero-order valence-corrected chi connectivity index (χ0v) is 23.6. The third-order valence-electron chi connectivity index (χ3n) is 5.82. The van der Waals surface area contributed by atoms with E-state index in [1.807, 2.05) is 32.0 Å². The van der Waals surface area contributed by atoms with Gasteiger partial charge in [0.1, 0.15) is 10.3 Å². The Kier molecular flexibility index (Phi) is 10.7.